The second-order valence-corrected chi connectivity index (χ2v) is 6.85. The molecular formula is C17H33NO2. The summed E-state index contributed by atoms with van der Waals surface area (Å²) in [6.07, 6.45) is 7.25. The number of carboxylic acids is 1. The fourth-order valence-corrected chi connectivity index (χ4v) is 3.22. The molecule has 0 spiro atoms. The highest BCUT2D eigenvalue weighted by Crippen LogP contribution is 2.40. The van der Waals surface area contributed by atoms with Gasteiger partial charge in [0.25, 0.3) is 0 Å². The summed E-state index contributed by atoms with van der Waals surface area (Å²) in [6, 6.07) is 0.483. The van der Waals surface area contributed by atoms with Crippen molar-refractivity contribution in [1.29, 1.82) is 0 Å². The number of carbonyl (C=O) groups is 1. The van der Waals surface area contributed by atoms with Gasteiger partial charge in [0.2, 0.25) is 0 Å². The standard InChI is InChI=1S/C17H33NO2/c1-5-7-12-18(15(4)6-2)13-17(16(19)20)10-8-14(3)9-11-17/h14-15H,5-13H2,1-4H3,(H,19,20). The van der Waals surface area contributed by atoms with E-state index < -0.39 is 11.4 Å². The number of carboxylic acid groups (broad SMARTS) is 1. The highest BCUT2D eigenvalue weighted by atomic mass is 16.4. The molecule has 0 bridgehead atoms. The molecular weight excluding hydrogens is 250 g/mol. The largest absolute Gasteiger partial charge is 0.481 e. The molecule has 1 unspecified atom stereocenters. The molecule has 1 saturated carbocycles. The molecule has 0 heterocycles. The zero-order valence-electron chi connectivity index (χ0n) is 13.8. The third-order valence-electron chi connectivity index (χ3n) is 5.20. The van der Waals surface area contributed by atoms with Crippen LogP contribution >= 0.6 is 0 Å². The molecule has 1 aliphatic rings. The number of hydrogen-bond donors (Lipinski definition) is 1. The van der Waals surface area contributed by atoms with E-state index in [2.05, 4.69) is 32.6 Å². The molecule has 0 saturated heterocycles. The Morgan fingerprint density at radius 1 is 1.35 bits per heavy atom. The molecule has 3 nitrogen and oxygen atoms in total. The van der Waals surface area contributed by atoms with Gasteiger partial charge in [-0.1, -0.05) is 27.2 Å². The van der Waals surface area contributed by atoms with Crippen molar-refractivity contribution in [3.63, 3.8) is 0 Å². The fraction of sp³-hybridized carbons (Fsp3) is 0.941. The van der Waals surface area contributed by atoms with Crippen LogP contribution in [0.5, 0.6) is 0 Å². The number of nitrogens with zero attached hydrogens (tertiary/aromatic N) is 1. The van der Waals surface area contributed by atoms with E-state index in [9.17, 15) is 9.90 Å². The van der Waals surface area contributed by atoms with Crippen LogP contribution in [0.15, 0.2) is 0 Å². The average molecular weight is 283 g/mol. The van der Waals surface area contributed by atoms with Gasteiger partial charge in [0.1, 0.15) is 0 Å². The van der Waals surface area contributed by atoms with Gasteiger partial charge in [-0.05, 0) is 57.9 Å². The Labute approximate surface area is 124 Å². The van der Waals surface area contributed by atoms with Gasteiger partial charge in [-0.15, -0.1) is 0 Å². The summed E-state index contributed by atoms with van der Waals surface area (Å²) in [5.74, 6) is 0.115. The van der Waals surface area contributed by atoms with Gasteiger partial charge < -0.3 is 5.11 Å². The van der Waals surface area contributed by atoms with E-state index in [0.29, 0.717) is 12.0 Å². The van der Waals surface area contributed by atoms with Crippen molar-refractivity contribution >= 4 is 5.97 Å². The van der Waals surface area contributed by atoms with Crippen molar-refractivity contribution in [3.8, 4) is 0 Å². The minimum absolute atomic E-state index is 0.483. The van der Waals surface area contributed by atoms with Crippen molar-refractivity contribution in [2.75, 3.05) is 13.1 Å². The number of unbranched alkanes of at least 4 members (excludes halogenated alkanes) is 1. The van der Waals surface area contributed by atoms with Crippen molar-refractivity contribution < 1.29 is 9.90 Å². The molecule has 0 amide bonds. The third kappa shape index (κ3) is 4.47. The van der Waals surface area contributed by atoms with Crippen LogP contribution < -0.4 is 0 Å². The van der Waals surface area contributed by atoms with Gasteiger partial charge >= 0.3 is 5.97 Å². The first-order valence-corrected chi connectivity index (χ1v) is 8.42. The van der Waals surface area contributed by atoms with E-state index in [1.54, 1.807) is 0 Å². The Kier molecular flexibility index (Phi) is 7.01. The van der Waals surface area contributed by atoms with Gasteiger partial charge in [0.15, 0.2) is 0 Å². The zero-order valence-corrected chi connectivity index (χ0v) is 13.8. The van der Waals surface area contributed by atoms with Crippen molar-refractivity contribution in [3.05, 3.63) is 0 Å². The van der Waals surface area contributed by atoms with Crippen LogP contribution in [0.3, 0.4) is 0 Å². The van der Waals surface area contributed by atoms with Gasteiger partial charge in [-0.2, -0.15) is 0 Å². The van der Waals surface area contributed by atoms with Gasteiger partial charge in [0.05, 0.1) is 5.41 Å². The zero-order chi connectivity index (χ0) is 15.2. The molecule has 1 rings (SSSR count). The van der Waals surface area contributed by atoms with E-state index in [1.807, 2.05) is 0 Å². The quantitative estimate of drug-likeness (QED) is 0.727. The Hall–Kier alpha value is -0.570. The molecule has 20 heavy (non-hydrogen) atoms. The van der Waals surface area contributed by atoms with E-state index in [0.717, 1.165) is 51.6 Å². The van der Waals surface area contributed by atoms with Gasteiger partial charge in [0, 0.05) is 12.6 Å². The molecule has 0 radical (unpaired) electrons. The van der Waals surface area contributed by atoms with E-state index in [1.165, 1.54) is 6.42 Å². The van der Waals surface area contributed by atoms with Crippen LogP contribution in [0.1, 0.15) is 72.6 Å². The summed E-state index contributed by atoms with van der Waals surface area (Å²) in [5.41, 5.74) is -0.496. The molecule has 1 aliphatic carbocycles. The summed E-state index contributed by atoms with van der Waals surface area (Å²) in [6.45, 7) is 10.6. The lowest BCUT2D eigenvalue weighted by atomic mass is 9.70. The molecule has 0 aromatic heterocycles. The first-order chi connectivity index (χ1) is 9.45. The maximum atomic E-state index is 11.9. The summed E-state index contributed by atoms with van der Waals surface area (Å²) in [7, 11) is 0. The summed E-state index contributed by atoms with van der Waals surface area (Å²) >= 11 is 0. The summed E-state index contributed by atoms with van der Waals surface area (Å²) < 4.78 is 0. The number of hydrogen-bond acceptors (Lipinski definition) is 2. The highest BCUT2D eigenvalue weighted by Gasteiger charge is 2.42. The monoisotopic (exact) mass is 283 g/mol. The van der Waals surface area contributed by atoms with E-state index in [4.69, 9.17) is 0 Å². The average Bonchev–Trinajstić information content (AvgIpc) is 2.44. The van der Waals surface area contributed by atoms with Crippen LogP contribution in [-0.2, 0) is 4.79 Å². The third-order valence-corrected chi connectivity index (χ3v) is 5.20. The predicted molar refractivity (Wildman–Crippen MR) is 83.9 cm³/mol. The lowest BCUT2D eigenvalue weighted by Crippen LogP contribution is -2.48. The lowest BCUT2D eigenvalue weighted by Gasteiger charge is -2.41. The molecule has 118 valence electrons. The molecule has 0 aromatic rings. The Balaban J connectivity index is 2.77. The minimum atomic E-state index is -0.575. The van der Waals surface area contributed by atoms with Gasteiger partial charge in [-0.25, -0.2) is 0 Å². The first kappa shape index (κ1) is 17.5. The van der Waals surface area contributed by atoms with Crippen molar-refractivity contribution in [2.24, 2.45) is 11.3 Å². The molecule has 1 atom stereocenters. The Morgan fingerprint density at radius 3 is 2.40 bits per heavy atom. The maximum absolute atomic E-state index is 11.9. The minimum Gasteiger partial charge on any atom is -0.481 e. The SMILES string of the molecule is CCCCN(CC1(C(=O)O)CCC(C)CC1)C(C)CC. The van der Waals surface area contributed by atoms with Crippen LogP contribution in [0.2, 0.25) is 0 Å². The number of rotatable bonds is 8. The topological polar surface area (TPSA) is 40.5 Å². The second-order valence-electron chi connectivity index (χ2n) is 6.85. The van der Waals surface area contributed by atoms with Crippen molar-refractivity contribution in [1.82, 2.24) is 4.90 Å². The van der Waals surface area contributed by atoms with Crippen LogP contribution in [0.4, 0.5) is 0 Å². The fourth-order valence-electron chi connectivity index (χ4n) is 3.22. The highest BCUT2D eigenvalue weighted by molar-refractivity contribution is 5.75. The molecule has 3 heteroatoms. The summed E-state index contributed by atoms with van der Waals surface area (Å²) in [4.78, 5) is 14.3. The molecule has 0 aromatic carbocycles. The predicted octanol–water partition coefficient (Wildman–Crippen LogP) is 4.17. The van der Waals surface area contributed by atoms with Gasteiger partial charge in [-0.3, -0.25) is 9.69 Å². The van der Waals surface area contributed by atoms with Crippen LogP contribution in [0, 0.1) is 11.3 Å². The second kappa shape index (κ2) is 8.02. The van der Waals surface area contributed by atoms with E-state index in [-0.39, 0.29) is 0 Å². The Morgan fingerprint density at radius 2 is 1.95 bits per heavy atom. The molecule has 0 aliphatic heterocycles. The van der Waals surface area contributed by atoms with Crippen LogP contribution in [0.25, 0.3) is 0 Å². The smallest absolute Gasteiger partial charge is 0.310 e. The Bertz CT molecular complexity index is 295. The van der Waals surface area contributed by atoms with Crippen molar-refractivity contribution in [2.45, 2.75) is 78.7 Å². The first-order valence-electron chi connectivity index (χ1n) is 8.42. The van der Waals surface area contributed by atoms with E-state index >= 15 is 0 Å². The normalized spacial score (nSPS) is 28.6. The maximum Gasteiger partial charge on any atom is 0.310 e. The lowest BCUT2D eigenvalue weighted by molar-refractivity contribution is -0.153. The molecule has 1 fully saturated rings. The molecule has 1 N–H and O–H groups in total. The number of aliphatic carboxylic acids is 1. The van der Waals surface area contributed by atoms with Crippen LogP contribution in [-0.4, -0.2) is 35.1 Å². The summed E-state index contributed by atoms with van der Waals surface area (Å²) in [5, 5.41) is 9.78.